The van der Waals surface area contributed by atoms with Crippen molar-refractivity contribution in [3.8, 4) is 0 Å². The zero-order valence-electron chi connectivity index (χ0n) is 8.30. The normalized spacial score (nSPS) is 12.4. The second-order valence-electron chi connectivity index (χ2n) is 3.42. The van der Waals surface area contributed by atoms with Gasteiger partial charge in [-0.15, -0.1) is 0 Å². The average Bonchev–Trinajstić information content (AvgIpc) is 2.11. The molecule has 0 aliphatic heterocycles. The van der Waals surface area contributed by atoms with E-state index in [-0.39, 0.29) is 17.8 Å². The number of nitro benzene ring substituents is 1. The Morgan fingerprint density at radius 2 is 2.13 bits per heavy atom. The van der Waals surface area contributed by atoms with Gasteiger partial charge in [0.1, 0.15) is 0 Å². The van der Waals surface area contributed by atoms with Crippen LogP contribution in [0.3, 0.4) is 0 Å². The minimum absolute atomic E-state index is 0.114. The van der Waals surface area contributed by atoms with Gasteiger partial charge in [0, 0.05) is 18.6 Å². The van der Waals surface area contributed by atoms with Crippen molar-refractivity contribution in [2.45, 2.75) is 19.4 Å². The molecule has 0 aliphatic carbocycles. The van der Waals surface area contributed by atoms with E-state index in [2.05, 4.69) is 0 Å². The van der Waals surface area contributed by atoms with Crippen molar-refractivity contribution in [2.75, 3.05) is 11.5 Å². The summed E-state index contributed by atoms with van der Waals surface area (Å²) in [6.45, 7) is 1.58. The van der Waals surface area contributed by atoms with Gasteiger partial charge in [0.15, 0.2) is 0 Å². The Hall–Kier alpha value is -1.82. The minimum atomic E-state index is -0.617. The van der Waals surface area contributed by atoms with Crippen LogP contribution in [0.1, 0.15) is 12.5 Å². The number of nitrogens with zero attached hydrogens (tertiary/aromatic N) is 1. The van der Waals surface area contributed by atoms with Crippen LogP contribution in [0.2, 0.25) is 0 Å². The number of non-ortho nitro benzene ring substituents is 1. The largest absolute Gasteiger partial charge is 0.397 e. The molecule has 0 saturated carbocycles. The zero-order valence-corrected chi connectivity index (χ0v) is 8.30. The fourth-order valence-corrected chi connectivity index (χ4v) is 1.31. The lowest BCUT2D eigenvalue weighted by Crippen LogP contribution is -2.09. The third kappa shape index (κ3) is 2.57. The highest BCUT2D eigenvalue weighted by molar-refractivity contribution is 5.71. The molecular formula is C9H13N3O3. The number of anilines is 2. The van der Waals surface area contributed by atoms with E-state index >= 15 is 0 Å². The summed E-state index contributed by atoms with van der Waals surface area (Å²) in [5.74, 6) is 0. The number of hydrogen-bond donors (Lipinski definition) is 3. The van der Waals surface area contributed by atoms with Crippen LogP contribution in [0.25, 0.3) is 0 Å². The van der Waals surface area contributed by atoms with Crippen molar-refractivity contribution in [1.29, 1.82) is 0 Å². The molecule has 1 unspecified atom stereocenters. The molecule has 1 aromatic carbocycles. The molecule has 1 rings (SSSR count). The Morgan fingerprint density at radius 3 is 2.60 bits per heavy atom. The van der Waals surface area contributed by atoms with Crippen LogP contribution in [0, 0.1) is 10.1 Å². The number of rotatable bonds is 3. The zero-order chi connectivity index (χ0) is 11.6. The molecule has 0 fully saturated rings. The molecule has 6 heteroatoms. The van der Waals surface area contributed by atoms with Gasteiger partial charge in [-0.3, -0.25) is 10.1 Å². The lowest BCUT2D eigenvalue weighted by Gasteiger charge is -2.09. The van der Waals surface area contributed by atoms with Crippen LogP contribution < -0.4 is 11.5 Å². The maximum absolute atomic E-state index is 10.5. The number of aliphatic hydroxyl groups is 1. The summed E-state index contributed by atoms with van der Waals surface area (Å²) in [4.78, 5) is 10.0. The summed E-state index contributed by atoms with van der Waals surface area (Å²) >= 11 is 0. The molecule has 0 radical (unpaired) electrons. The van der Waals surface area contributed by atoms with Crippen LogP contribution >= 0.6 is 0 Å². The van der Waals surface area contributed by atoms with Gasteiger partial charge in [0.25, 0.3) is 5.69 Å². The van der Waals surface area contributed by atoms with Crippen molar-refractivity contribution in [1.82, 2.24) is 0 Å². The highest BCUT2D eigenvalue weighted by Gasteiger charge is 2.14. The standard InChI is InChI=1S/C9H13N3O3/c1-5(13)2-6-3-7(12(14)15)4-8(10)9(6)11/h3-5,13H,2,10-11H2,1H3. The third-order valence-electron chi connectivity index (χ3n) is 2.01. The van der Waals surface area contributed by atoms with Gasteiger partial charge in [-0.05, 0) is 12.5 Å². The van der Waals surface area contributed by atoms with Gasteiger partial charge >= 0.3 is 0 Å². The quantitative estimate of drug-likeness (QED) is 0.386. The van der Waals surface area contributed by atoms with Crippen molar-refractivity contribution in [2.24, 2.45) is 0 Å². The van der Waals surface area contributed by atoms with E-state index in [1.54, 1.807) is 6.92 Å². The summed E-state index contributed by atoms with van der Waals surface area (Å²) in [5, 5.41) is 19.7. The van der Waals surface area contributed by atoms with Crippen molar-refractivity contribution in [3.05, 3.63) is 27.8 Å². The van der Waals surface area contributed by atoms with E-state index in [1.165, 1.54) is 12.1 Å². The number of aliphatic hydroxyl groups excluding tert-OH is 1. The van der Waals surface area contributed by atoms with Gasteiger partial charge in [-0.1, -0.05) is 0 Å². The molecule has 5 N–H and O–H groups in total. The Balaban J connectivity index is 3.19. The van der Waals surface area contributed by atoms with E-state index in [9.17, 15) is 15.2 Å². The van der Waals surface area contributed by atoms with Crippen LogP contribution in [0.4, 0.5) is 17.1 Å². The summed E-state index contributed by atoms with van der Waals surface area (Å²) in [5.41, 5.74) is 12.0. The van der Waals surface area contributed by atoms with Gasteiger partial charge < -0.3 is 16.6 Å². The topological polar surface area (TPSA) is 115 Å². The second kappa shape index (κ2) is 4.14. The van der Waals surface area contributed by atoms with Crippen LogP contribution in [-0.2, 0) is 6.42 Å². The summed E-state index contributed by atoms with van der Waals surface area (Å²) in [7, 11) is 0. The number of nitrogens with two attached hydrogens (primary N) is 2. The summed E-state index contributed by atoms with van der Waals surface area (Å²) in [6, 6.07) is 2.54. The van der Waals surface area contributed by atoms with Gasteiger partial charge in [0.2, 0.25) is 0 Å². The van der Waals surface area contributed by atoms with Crippen LogP contribution in [0.15, 0.2) is 12.1 Å². The first-order valence-corrected chi connectivity index (χ1v) is 4.42. The molecule has 82 valence electrons. The van der Waals surface area contributed by atoms with E-state index in [1.807, 2.05) is 0 Å². The number of hydrogen-bond acceptors (Lipinski definition) is 5. The lowest BCUT2D eigenvalue weighted by molar-refractivity contribution is -0.384. The van der Waals surface area contributed by atoms with Gasteiger partial charge in [-0.25, -0.2) is 0 Å². The van der Waals surface area contributed by atoms with E-state index in [4.69, 9.17) is 11.5 Å². The van der Waals surface area contributed by atoms with E-state index < -0.39 is 11.0 Å². The SMILES string of the molecule is CC(O)Cc1cc([N+](=O)[O-])cc(N)c1N. The smallest absolute Gasteiger partial charge is 0.271 e. The van der Waals surface area contributed by atoms with E-state index in [0.29, 0.717) is 11.3 Å². The maximum Gasteiger partial charge on any atom is 0.271 e. The number of benzene rings is 1. The van der Waals surface area contributed by atoms with Crippen LogP contribution in [0.5, 0.6) is 0 Å². The highest BCUT2D eigenvalue weighted by Crippen LogP contribution is 2.27. The fourth-order valence-electron chi connectivity index (χ4n) is 1.31. The molecule has 1 aromatic rings. The van der Waals surface area contributed by atoms with Crippen molar-refractivity contribution < 1.29 is 10.0 Å². The minimum Gasteiger partial charge on any atom is -0.397 e. The molecule has 0 saturated heterocycles. The monoisotopic (exact) mass is 211 g/mol. The molecule has 0 aromatic heterocycles. The molecular weight excluding hydrogens is 198 g/mol. The number of nitro groups is 1. The van der Waals surface area contributed by atoms with Crippen molar-refractivity contribution in [3.63, 3.8) is 0 Å². The highest BCUT2D eigenvalue weighted by atomic mass is 16.6. The summed E-state index contributed by atoms with van der Waals surface area (Å²) in [6.07, 6.45) is -0.369. The Kier molecular flexibility index (Phi) is 3.11. The first-order chi connectivity index (χ1) is 6.91. The van der Waals surface area contributed by atoms with Crippen molar-refractivity contribution >= 4 is 17.1 Å². The molecule has 1 atom stereocenters. The average molecular weight is 211 g/mol. The first-order valence-electron chi connectivity index (χ1n) is 4.42. The first kappa shape index (κ1) is 11.3. The molecule has 0 spiro atoms. The molecule has 0 aliphatic rings. The lowest BCUT2D eigenvalue weighted by atomic mass is 10.0. The maximum atomic E-state index is 10.5. The predicted molar refractivity (Wildman–Crippen MR) is 57.3 cm³/mol. The molecule has 0 heterocycles. The Morgan fingerprint density at radius 1 is 1.53 bits per heavy atom. The Bertz CT molecular complexity index is 390. The fraction of sp³-hybridized carbons (Fsp3) is 0.333. The number of nitrogen functional groups attached to an aromatic ring is 2. The Labute approximate surface area is 86.7 Å². The predicted octanol–water partition coefficient (Wildman–Crippen LogP) is 0.683. The van der Waals surface area contributed by atoms with Gasteiger partial charge in [-0.2, -0.15) is 0 Å². The van der Waals surface area contributed by atoms with Crippen LogP contribution in [-0.4, -0.2) is 16.1 Å². The second-order valence-corrected chi connectivity index (χ2v) is 3.42. The molecule has 0 bridgehead atoms. The van der Waals surface area contributed by atoms with E-state index in [0.717, 1.165) is 0 Å². The van der Waals surface area contributed by atoms with Gasteiger partial charge in [0.05, 0.1) is 22.4 Å². The molecule has 15 heavy (non-hydrogen) atoms. The molecule has 6 nitrogen and oxygen atoms in total. The third-order valence-corrected chi connectivity index (χ3v) is 2.01. The summed E-state index contributed by atoms with van der Waals surface area (Å²) < 4.78 is 0. The molecule has 0 amide bonds.